The lowest BCUT2D eigenvalue weighted by atomic mass is 10.1. The van der Waals surface area contributed by atoms with Crippen LogP contribution in [0.3, 0.4) is 0 Å². The van der Waals surface area contributed by atoms with E-state index in [1.165, 1.54) is 0 Å². The van der Waals surface area contributed by atoms with E-state index in [2.05, 4.69) is 6.58 Å². The second-order valence-electron chi connectivity index (χ2n) is 5.64. The smallest absolute Gasteiger partial charge is 0.396 e. The Morgan fingerprint density at radius 1 is 1.27 bits per heavy atom. The molecule has 0 aromatic heterocycles. The van der Waals surface area contributed by atoms with Crippen molar-refractivity contribution in [3.63, 3.8) is 0 Å². The number of rotatable bonds is 11. The van der Waals surface area contributed by atoms with E-state index in [0.717, 1.165) is 6.42 Å². The standard InChI is InChI=1S/C14H20F4O7S/c1-10(12(19)25-11-5-4-8-24-11)9-23-7-3-2-6-13(15,16)14(17,18)26(20,21)22/h11H,1-9H2,(H,20,21,22)/p-1. The highest BCUT2D eigenvalue weighted by Crippen LogP contribution is 2.41. The van der Waals surface area contributed by atoms with Crippen LogP contribution in [0.15, 0.2) is 12.2 Å². The van der Waals surface area contributed by atoms with Gasteiger partial charge in [0.05, 0.1) is 18.8 Å². The van der Waals surface area contributed by atoms with Crippen LogP contribution in [-0.4, -0.2) is 56.2 Å². The molecule has 1 fully saturated rings. The number of unbranched alkanes of at least 4 members (excludes halogenated alkanes) is 1. The highest BCUT2D eigenvalue weighted by Gasteiger charge is 2.60. The van der Waals surface area contributed by atoms with Crippen LogP contribution in [-0.2, 0) is 29.1 Å². The summed E-state index contributed by atoms with van der Waals surface area (Å²) < 4.78 is 97.9. The van der Waals surface area contributed by atoms with Crippen molar-refractivity contribution >= 4 is 16.1 Å². The van der Waals surface area contributed by atoms with Crippen LogP contribution in [0.5, 0.6) is 0 Å². The van der Waals surface area contributed by atoms with Gasteiger partial charge in [0.1, 0.15) is 0 Å². The lowest BCUT2D eigenvalue weighted by Crippen LogP contribution is -2.46. The van der Waals surface area contributed by atoms with Crippen molar-refractivity contribution in [3.05, 3.63) is 12.2 Å². The first-order valence-electron chi connectivity index (χ1n) is 7.67. The molecule has 0 aromatic carbocycles. The first-order valence-corrected chi connectivity index (χ1v) is 9.08. The molecule has 152 valence electrons. The number of alkyl halides is 4. The lowest BCUT2D eigenvalue weighted by Gasteiger charge is -2.28. The fourth-order valence-electron chi connectivity index (χ4n) is 1.98. The molecule has 0 saturated carbocycles. The predicted molar refractivity (Wildman–Crippen MR) is 78.5 cm³/mol. The number of carbonyl (C=O) groups excluding carboxylic acids is 1. The van der Waals surface area contributed by atoms with Crippen LogP contribution in [0.2, 0.25) is 0 Å². The fourth-order valence-corrected chi connectivity index (χ4v) is 2.45. The number of hydrogen-bond acceptors (Lipinski definition) is 7. The van der Waals surface area contributed by atoms with Gasteiger partial charge in [-0.15, -0.1) is 0 Å². The van der Waals surface area contributed by atoms with Crippen molar-refractivity contribution in [3.8, 4) is 0 Å². The van der Waals surface area contributed by atoms with E-state index in [-0.39, 0.29) is 25.2 Å². The molecule has 1 atom stereocenters. The molecule has 1 aliphatic rings. The van der Waals surface area contributed by atoms with Crippen LogP contribution in [0.4, 0.5) is 17.6 Å². The molecule has 1 heterocycles. The lowest BCUT2D eigenvalue weighted by molar-refractivity contribution is -0.165. The van der Waals surface area contributed by atoms with Crippen LogP contribution < -0.4 is 0 Å². The maximum atomic E-state index is 13.2. The third-order valence-corrected chi connectivity index (χ3v) is 4.39. The van der Waals surface area contributed by atoms with E-state index in [1.54, 1.807) is 0 Å². The third-order valence-electron chi connectivity index (χ3n) is 3.46. The summed E-state index contributed by atoms with van der Waals surface area (Å²) in [6, 6.07) is 0. The van der Waals surface area contributed by atoms with E-state index in [9.17, 15) is 35.3 Å². The van der Waals surface area contributed by atoms with Gasteiger partial charge in [-0.1, -0.05) is 6.58 Å². The Bertz CT molecular complexity index is 600. The highest BCUT2D eigenvalue weighted by atomic mass is 32.2. The van der Waals surface area contributed by atoms with Crippen molar-refractivity contribution in [2.75, 3.05) is 19.8 Å². The molecule has 0 spiro atoms. The second kappa shape index (κ2) is 9.11. The monoisotopic (exact) mass is 407 g/mol. The molecule has 0 radical (unpaired) electrons. The van der Waals surface area contributed by atoms with Gasteiger partial charge in [-0.25, -0.2) is 13.2 Å². The van der Waals surface area contributed by atoms with Gasteiger partial charge in [0, 0.05) is 19.4 Å². The molecule has 0 aliphatic carbocycles. The van der Waals surface area contributed by atoms with Crippen molar-refractivity contribution in [2.45, 2.75) is 49.6 Å². The van der Waals surface area contributed by atoms with E-state index in [4.69, 9.17) is 14.2 Å². The molecular weight excluding hydrogens is 388 g/mol. The van der Waals surface area contributed by atoms with E-state index < -0.39 is 46.4 Å². The van der Waals surface area contributed by atoms with Crippen molar-refractivity contribution < 1.29 is 49.5 Å². The number of halogens is 4. The summed E-state index contributed by atoms with van der Waals surface area (Å²) in [5.74, 6) is -5.72. The van der Waals surface area contributed by atoms with Crippen molar-refractivity contribution in [2.24, 2.45) is 0 Å². The zero-order valence-electron chi connectivity index (χ0n) is 13.7. The number of hydrogen-bond donors (Lipinski definition) is 0. The van der Waals surface area contributed by atoms with Gasteiger partial charge in [0.25, 0.3) is 0 Å². The molecule has 0 N–H and O–H groups in total. The third kappa shape index (κ3) is 6.18. The molecule has 1 aliphatic heterocycles. The molecular formula is C14H19F4O7S-. The molecule has 0 aromatic rings. The minimum absolute atomic E-state index is 0.0326. The van der Waals surface area contributed by atoms with Gasteiger partial charge < -0.3 is 18.8 Å². The van der Waals surface area contributed by atoms with Crippen LogP contribution in [0.25, 0.3) is 0 Å². The molecule has 12 heteroatoms. The minimum atomic E-state index is -6.48. The maximum Gasteiger partial charge on any atom is 0.396 e. The molecule has 26 heavy (non-hydrogen) atoms. The fraction of sp³-hybridized carbons (Fsp3) is 0.786. The molecule has 0 bridgehead atoms. The molecule has 1 rings (SSSR count). The number of esters is 1. The van der Waals surface area contributed by atoms with Gasteiger partial charge in [-0.05, 0) is 19.3 Å². The topological polar surface area (TPSA) is 102 Å². The van der Waals surface area contributed by atoms with Crippen molar-refractivity contribution in [1.29, 1.82) is 0 Å². The zero-order valence-corrected chi connectivity index (χ0v) is 14.5. The Morgan fingerprint density at radius 2 is 1.92 bits per heavy atom. The van der Waals surface area contributed by atoms with Crippen LogP contribution in [0, 0.1) is 0 Å². The van der Waals surface area contributed by atoms with Gasteiger partial charge in [-0.3, -0.25) is 0 Å². The SMILES string of the molecule is C=C(COCCCCC(F)(F)C(F)(F)S(=O)(=O)[O-])C(=O)OC1CCCO1. The molecule has 0 amide bonds. The van der Waals surface area contributed by atoms with Crippen LogP contribution in [0.1, 0.15) is 32.1 Å². The summed E-state index contributed by atoms with van der Waals surface area (Å²) in [6.07, 6.45) is -1.47. The summed E-state index contributed by atoms with van der Waals surface area (Å²) in [5, 5.41) is -5.68. The Morgan fingerprint density at radius 3 is 2.46 bits per heavy atom. The first-order chi connectivity index (χ1) is 11.9. The largest absolute Gasteiger partial charge is 0.743 e. The van der Waals surface area contributed by atoms with Gasteiger partial charge in [0.2, 0.25) is 6.29 Å². The Hall–Kier alpha value is -1.24. The van der Waals surface area contributed by atoms with E-state index in [0.29, 0.717) is 13.0 Å². The molecule has 1 unspecified atom stereocenters. The average molecular weight is 407 g/mol. The Balaban J connectivity index is 2.24. The van der Waals surface area contributed by atoms with E-state index in [1.807, 2.05) is 0 Å². The van der Waals surface area contributed by atoms with Gasteiger partial charge in [0.15, 0.2) is 10.1 Å². The van der Waals surface area contributed by atoms with Gasteiger partial charge >= 0.3 is 17.1 Å². The first kappa shape index (κ1) is 22.8. The molecule has 7 nitrogen and oxygen atoms in total. The van der Waals surface area contributed by atoms with E-state index >= 15 is 0 Å². The highest BCUT2D eigenvalue weighted by molar-refractivity contribution is 7.86. The number of ether oxygens (including phenoxy) is 3. The summed E-state index contributed by atoms with van der Waals surface area (Å²) >= 11 is 0. The maximum absolute atomic E-state index is 13.2. The summed E-state index contributed by atoms with van der Waals surface area (Å²) in [5.41, 5.74) is -0.0326. The van der Waals surface area contributed by atoms with Gasteiger partial charge in [-0.2, -0.15) is 17.6 Å². The quantitative estimate of drug-likeness (QED) is 0.170. The normalized spacial score (nSPS) is 18.7. The Kier molecular flexibility index (Phi) is 7.99. The summed E-state index contributed by atoms with van der Waals surface area (Å²) in [7, 11) is -6.48. The van der Waals surface area contributed by atoms with Crippen LogP contribution >= 0.6 is 0 Å². The van der Waals surface area contributed by atoms with Crippen molar-refractivity contribution in [1.82, 2.24) is 0 Å². The second-order valence-corrected chi connectivity index (χ2v) is 7.06. The molecule has 1 saturated heterocycles. The zero-order chi connectivity index (χ0) is 20.0. The summed E-state index contributed by atoms with van der Waals surface area (Å²) in [4.78, 5) is 11.6. The minimum Gasteiger partial charge on any atom is -0.743 e. The Labute approximate surface area is 148 Å². The number of carbonyl (C=O) groups is 1. The predicted octanol–water partition coefficient (Wildman–Crippen LogP) is 2.18. The summed E-state index contributed by atoms with van der Waals surface area (Å²) in [6.45, 7) is 3.50. The average Bonchev–Trinajstić information content (AvgIpc) is 3.01.